The van der Waals surface area contributed by atoms with Crippen molar-refractivity contribution in [3.8, 4) is 5.75 Å². The normalized spacial score (nSPS) is 14.5. The summed E-state index contributed by atoms with van der Waals surface area (Å²) in [5.41, 5.74) is 1.60. The molecule has 0 radical (unpaired) electrons. The van der Waals surface area contributed by atoms with Gasteiger partial charge in [-0.25, -0.2) is 4.98 Å². The quantitative estimate of drug-likeness (QED) is 0.708. The molecule has 0 saturated carbocycles. The van der Waals surface area contributed by atoms with Gasteiger partial charge in [0.25, 0.3) is 5.56 Å². The minimum absolute atomic E-state index is 0.119. The van der Waals surface area contributed by atoms with E-state index in [2.05, 4.69) is 10.3 Å². The lowest BCUT2D eigenvalue weighted by atomic mass is 9.97. The van der Waals surface area contributed by atoms with Crippen molar-refractivity contribution in [3.63, 3.8) is 0 Å². The lowest BCUT2D eigenvalue weighted by molar-refractivity contribution is -0.119. The number of hydrogen-bond donors (Lipinski definition) is 1. The Labute approximate surface area is 167 Å². The van der Waals surface area contributed by atoms with Crippen molar-refractivity contribution in [2.24, 2.45) is 0 Å². The van der Waals surface area contributed by atoms with Crippen molar-refractivity contribution in [3.05, 3.63) is 51.4 Å². The number of para-hydroxylation sites is 2. The third-order valence-electron chi connectivity index (χ3n) is 5.29. The molecule has 1 aromatic carbocycles. The first-order valence-corrected chi connectivity index (χ1v) is 10.4. The number of aryl methyl sites for hydroxylation is 2. The summed E-state index contributed by atoms with van der Waals surface area (Å²) >= 11 is 1.62. The molecular formula is C21H23N3O3S. The maximum atomic E-state index is 13.3. The number of ether oxygens (including phenoxy) is 1. The van der Waals surface area contributed by atoms with Crippen LogP contribution in [0.4, 0.5) is 5.69 Å². The van der Waals surface area contributed by atoms with Crippen molar-refractivity contribution in [2.45, 2.75) is 45.1 Å². The number of anilines is 1. The van der Waals surface area contributed by atoms with E-state index >= 15 is 0 Å². The predicted octanol–water partition coefficient (Wildman–Crippen LogP) is 3.94. The summed E-state index contributed by atoms with van der Waals surface area (Å²) in [6.07, 6.45) is 6.19. The van der Waals surface area contributed by atoms with Gasteiger partial charge in [-0.3, -0.25) is 14.2 Å². The average molecular weight is 398 g/mol. The molecule has 7 heteroatoms. The van der Waals surface area contributed by atoms with Crippen molar-refractivity contribution in [2.75, 3.05) is 12.4 Å². The van der Waals surface area contributed by atoms with E-state index in [1.54, 1.807) is 30.6 Å². The van der Waals surface area contributed by atoms with E-state index in [-0.39, 0.29) is 11.5 Å². The topological polar surface area (TPSA) is 73.2 Å². The van der Waals surface area contributed by atoms with Crippen LogP contribution >= 0.6 is 11.3 Å². The molecule has 0 fully saturated rings. The van der Waals surface area contributed by atoms with Gasteiger partial charge in [-0.2, -0.15) is 0 Å². The van der Waals surface area contributed by atoms with Crippen LogP contribution in [0.1, 0.15) is 42.7 Å². The number of amides is 1. The molecule has 1 N–H and O–H groups in total. The summed E-state index contributed by atoms with van der Waals surface area (Å²) in [6.45, 7) is 1.90. The molecule has 0 saturated heterocycles. The number of carbonyl (C=O) groups is 1. The molecule has 146 valence electrons. The molecule has 6 nitrogen and oxygen atoms in total. The zero-order valence-electron chi connectivity index (χ0n) is 16.0. The Morgan fingerprint density at radius 3 is 2.89 bits per heavy atom. The van der Waals surface area contributed by atoms with E-state index in [1.807, 2.05) is 19.1 Å². The van der Waals surface area contributed by atoms with Crippen LogP contribution in [0.15, 0.2) is 35.4 Å². The number of thiophene rings is 1. The Hall–Kier alpha value is -2.67. The van der Waals surface area contributed by atoms with E-state index in [0.717, 1.165) is 36.1 Å². The minimum Gasteiger partial charge on any atom is -0.495 e. The lowest BCUT2D eigenvalue weighted by Gasteiger charge is -2.19. The molecule has 0 spiro atoms. The molecule has 1 unspecified atom stereocenters. The number of fused-ring (bicyclic) bond motifs is 3. The van der Waals surface area contributed by atoms with Gasteiger partial charge in [0.2, 0.25) is 5.91 Å². The number of carbonyl (C=O) groups excluding carboxylic acids is 1. The van der Waals surface area contributed by atoms with Gasteiger partial charge in [0.1, 0.15) is 16.6 Å². The van der Waals surface area contributed by atoms with E-state index in [0.29, 0.717) is 23.2 Å². The Bertz CT molecular complexity index is 1090. The maximum absolute atomic E-state index is 13.3. The zero-order chi connectivity index (χ0) is 19.7. The molecule has 1 amide bonds. The third-order valence-corrected chi connectivity index (χ3v) is 6.49. The van der Waals surface area contributed by atoms with Crippen LogP contribution in [0.3, 0.4) is 0 Å². The maximum Gasteiger partial charge on any atom is 0.263 e. The SMILES string of the molecule is CCC(C(=O)Nc1ccccc1OC)n1cnc2sc3c(c2c1=O)CCCC3. The van der Waals surface area contributed by atoms with E-state index in [9.17, 15) is 9.59 Å². The fourth-order valence-electron chi connectivity index (χ4n) is 3.85. The Morgan fingerprint density at radius 1 is 1.32 bits per heavy atom. The van der Waals surface area contributed by atoms with Crippen LogP contribution < -0.4 is 15.6 Å². The van der Waals surface area contributed by atoms with E-state index < -0.39 is 6.04 Å². The number of rotatable bonds is 5. The summed E-state index contributed by atoms with van der Waals surface area (Å²) in [5.74, 6) is 0.331. The molecule has 0 aliphatic heterocycles. The fourth-order valence-corrected chi connectivity index (χ4v) is 5.07. The fraction of sp³-hybridized carbons (Fsp3) is 0.381. The van der Waals surface area contributed by atoms with Crippen molar-refractivity contribution in [1.29, 1.82) is 0 Å². The van der Waals surface area contributed by atoms with Crippen LogP contribution in [-0.4, -0.2) is 22.6 Å². The molecule has 3 aromatic rings. The second kappa shape index (κ2) is 7.75. The van der Waals surface area contributed by atoms with E-state index in [1.165, 1.54) is 15.8 Å². The summed E-state index contributed by atoms with van der Waals surface area (Å²) in [5, 5.41) is 3.59. The third kappa shape index (κ3) is 3.20. The van der Waals surface area contributed by atoms with Gasteiger partial charge in [0, 0.05) is 4.88 Å². The van der Waals surface area contributed by atoms with Crippen LogP contribution in [0, 0.1) is 0 Å². The Morgan fingerprint density at radius 2 is 2.11 bits per heavy atom. The second-order valence-corrected chi connectivity index (χ2v) is 8.05. The van der Waals surface area contributed by atoms with Gasteiger partial charge in [-0.05, 0) is 49.8 Å². The summed E-state index contributed by atoms with van der Waals surface area (Å²) < 4.78 is 6.79. The first-order chi connectivity index (χ1) is 13.6. The molecule has 1 aliphatic rings. The van der Waals surface area contributed by atoms with Gasteiger partial charge in [-0.1, -0.05) is 19.1 Å². The lowest BCUT2D eigenvalue weighted by Crippen LogP contribution is -2.33. The highest BCUT2D eigenvalue weighted by Gasteiger charge is 2.25. The van der Waals surface area contributed by atoms with Crippen LogP contribution in [-0.2, 0) is 17.6 Å². The second-order valence-electron chi connectivity index (χ2n) is 6.96. The van der Waals surface area contributed by atoms with Crippen molar-refractivity contribution in [1.82, 2.24) is 9.55 Å². The number of benzene rings is 1. The van der Waals surface area contributed by atoms with Crippen LogP contribution in [0.2, 0.25) is 0 Å². The van der Waals surface area contributed by atoms with Gasteiger partial charge in [0.05, 0.1) is 24.5 Å². The molecule has 0 bridgehead atoms. The monoisotopic (exact) mass is 397 g/mol. The average Bonchev–Trinajstić information content (AvgIpc) is 3.10. The van der Waals surface area contributed by atoms with Gasteiger partial charge >= 0.3 is 0 Å². The predicted molar refractivity (Wildman–Crippen MR) is 111 cm³/mol. The van der Waals surface area contributed by atoms with Crippen LogP contribution in [0.25, 0.3) is 10.2 Å². The van der Waals surface area contributed by atoms with Crippen molar-refractivity contribution >= 4 is 33.1 Å². The van der Waals surface area contributed by atoms with E-state index in [4.69, 9.17) is 4.74 Å². The largest absolute Gasteiger partial charge is 0.495 e. The first-order valence-electron chi connectivity index (χ1n) is 9.59. The van der Waals surface area contributed by atoms with Crippen molar-refractivity contribution < 1.29 is 9.53 Å². The van der Waals surface area contributed by atoms with Gasteiger partial charge in [-0.15, -0.1) is 11.3 Å². The standard InChI is InChI=1S/C21H23N3O3S/c1-3-15(19(25)23-14-9-5-6-10-16(14)27-2)24-12-22-20-18(21(24)26)13-8-4-7-11-17(13)28-20/h5-6,9-10,12,15H,3-4,7-8,11H2,1-2H3,(H,23,25). The number of nitrogens with zero attached hydrogens (tertiary/aromatic N) is 2. The Balaban J connectivity index is 1.71. The molecule has 2 heterocycles. The van der Waals surface area contributed by atoms with Crippen LogP contribution in [0.5, 0.6) is 5.75 Å². The highest BCUT2D eigenvalue weighted by molar-refractivity contribution is 7.18. The highest BCUT2D eigenvalue weighted by atomic mass is 32.1. The molecule has 1 atom stereocenters. The number of methoxy groups -OCH3 is 1. The zero-order valence-corrected chi connectivity index (χ0v) is 16.8. The smallest absolute Gasteiger partial charge is 0.263 e. The van der Waals surface area contributed by atoms with Gasteiger partial charge in [0.15, 0.2) is 0 Å². The van der Waals surface area contributed by atoms with Gasteiger partial charge < -0.3 is 10.1 Å². The summed E-state index contributed by atoms with van der Waals surface area (Å²) in [4.78, 5) is 32.8. The number of aromatic nitrogens is 2. The number of nitrogens with one attached hydrogen (secondary N) is 1. The molecule has 28 heavy (non-hydrogen) atoms. The minimum atomic E-state index is -0.631. The molecule has 1 aliphatic carbocycles. The molecule has 4 rings (SSSR count). The summed E-state index contributed by atoms with van der Waals surface area (Å²) in [7, 11) is 1.56. The first kappa shape index (κ1) is 18.7. The molecular weight excluding hydrogens is 374 g/mol. The Kier molecular flexibility index (Phi) is 5.17. The highest BCUT2D eigenvalue weighted by Crippen LogP contribution is 2.33. The molecule has 2 aromatic heterocycles. The number of hydrogen-bond acceptors (Lipinski definition) is 5. The summed E-state index contributed by atoms with van der Waals surface area (Å²) in [6, 6.07) is 6.61.